The van der Waals surface area contributed by atoms with E-state index in [1.807, 2.05) is 51.1 Å². The van der Waals surface area contributed by atoms with Crippen molar-refractivity contribution < 1.29 is 9.53 Å². The fourth-order valence-electron chi connectivity index (χ4n) is 2.74. The molecule has 0 unspecified atom stereocenters. The van der Waals surface area contributed by atoms with Gasteiger partial charge in [-0.2, -0.15) is 0 Å². The van der Waals surface area contributed by atoms with E-state index in [1.165, 1.54) is 11.3 Å². The first-order chi connectivity index (χ1) is 12.4. The monoisotopic (exact) mass is 370 g/mol. The molecule has 6 heteroatoms. The van der Waals surface area contributed by atoms with Crippen molar-refractivity contribution in [2.45, 2.75) is 33.3 Å². The molecule has 3 aromatic rings. The van der Waals surface area contributed by atoms with Gasteiger partial charge in [0.15, 0.2) is 6.10 Å². The van der Waals surface area contributed by atoms with Crippen LogP contribution in [-0.4, -0.2) is 16.6 Å². The van der Waals surface area contributed by atoms with Crippen molar-refractivity contribution >= 4 is 33.1 Å². The van der Waals surface area contributed by atoms with Crippen molar-refractivity contribution in [3.05, 3.63) is 57.2 Å². The molecule has 3 rings (SSSR count). The van der Waals surface area contributed by atoms with Crippen LogP contribution >= 0.6 is 11.3 Å². The standard InChI is InChI=1S/C20H22N2O3S/c1-5-16(25-17-10-12(2)6-7-13(17)3)19(23)21-14-8-9-15-18(11-14)26-20(24)22(15)4/h6-11,16H,5H2,1-4H3,(H,21,23)/t16-/m0/s1. The number of aryl methyl sites for hydroxylation is 3. The maximum absolute atomic E-state index is 12.7. The Hall–Kier alpha value is -2.60. The van der Waals surface area contributed by atoms with Gasteiger partial charge in [0.1, 0.15) is 5.75 Å². The average Bonchev–Trinajstić information content (AvgIpc) is 2.89. The Morgan fingerprint density at radius 3 is 2.73 bits per heavy atom. The van der Waals surface area contributed by atoms with Gasteiger partial charge in [0, 0.05) is 12.7 Å². The highest BCUT2D eigenvalue weighted by Crippen LogP contribution is 2.23. The molecule has 5 nitrogen and oxygen atoms in total. The van der Waals surface area contributed by atoms with E-state index in [1.54, 1.807) is 17.7 Å². The third kappa shape index (κ3) is 3.65. The van der Waals surface area contributed by atoms with Crippen LogP contribution in [0.1, 0.15) is 24.5 Å². The number of anilines is 1. The molecule has 0 saturated heterocycles. The number of hydrogen-bond donors (Lipinski definition) is 1. The Labute approximate surface area is 156 Å². The Morgan fingerprint density at radius 2 is 2.00 bits per heavy atom. The highest BCUT2D eigenvalue weighted by atomic mass is 32.1. The van der Waals surface area contributed by atoms with Crippen LogP contribution in [0.2, 0.25) is 0 Å². The van der Waals surface area contributed by atoms with Gasteiger partial charge in [-0.05, 0) is 55.7 Å². The maximum Gasteiger partial charge on any atom is 0.307 e. The molecule has 0 aliphatic rings. The van der Waals surface area contributed by atoms with Gasteiger partial charge in [-0.25, -0.2) is 0 Å². The summed E-state index contributed by atoms with van der Waals surface area (Å²) in [5.74, 6) is 0.528. The second kappa shape index (κ2) is 7.33. The predicted octanol–water partition coefficient (Wildman–Crippen LogP) is 4.01. The van der Waals surface area contributed by atoms with Gasteiger partial charge in [-0.1, -0.05) is 30.4 Å². The average molecular weight is 370 g/mol. The predicted molar refractivity (Wildman–Crippen MR) is 106 cm³/mol. The van der Waals surface area contributed by atoms with Gasteiger partial charge in [-0.3, -0.25) is 9.59 Å². The van der Waals surface area contributed by atoms with Gasteiger partial charge < -0.3 is 14.6 Å². The number of rotatable bonds is 5. The zero-order chi connectivity index (χ0) is 18.8. The number of amides is 1. The number of hydrogen-bond acceptors (Lipinski definition) is 4. The molecule has 2 aromatic carbocycles. The van der Waals surface area contributed by atoms with E-state index in [9.17, 15) is 9.59 Å². The smallest absolute Gasteiger partial charge is 0.307 e. The molecule has 136 valence electrons. The maximum atomic E-state index is 12.7. The largest absolute Gasteiger partial charge is 0.480 e. The summed E-state index contributed by atoms with van der Waals surface area (Å²) in [5, 5.41) is 2.90. The number of nitrogens with one attached hydrogen (secondary N) is 1. The molecular formula is C20H22N2O3S. The molecule has 1 aromatic heterocycles. The number of thiazole rings is 1. The molecular weight excluding hydrogens is 348 g/mol. The van der Waals surface area contributed by atoms with Crippen LogP contribution in [0.5, 0.6) is 5.75 Å². The molecule has 1 N–H and O–H groups in total. The molecule has 0 spiro atoms. The Morgan fingerprint density at radius 1 is 1.23 bits per heavy atom. The fourth-order valence-corrected chi connectivity index (χ4v) is 3.66. The van der Waals surface area contributed by atoms with Gasteiger partial charge >= 0.3 is 4.87 Å². The normalized spacial score (nSPS) is 12.2. The Balaban J connectivity index is 1.79. The minimum atomic E-state index is -0.583. The van der Waals surface area contributed by atoms with Crippen LogP contribution in [0.4, 0.5) is 5.69 Å². The van der Waals surface area contributed by atoms with Crippen molar-refractivity contribution in [3.8, 4) is 5.75 Å². The lowest BCUT2D eigenvalue weighted by atomic mass is 10.1. The summed E-state index contributed by atoms with van der Waals surface area (Å²) in [6.45, 7) is 5.88. The van der Waals surface area contributed by atoms with Crippen LogP contribution in [0.15, 0.2) is 41.2 Å². The lowest BCUT2D eigenvalue weighted by molar-refractivity contribution is -0.122. The van der Waals surface area contributed by atoms with Gasteiger partial charge in [0.25, 0.3) is 5.91 Å². The second-order valence-electron chi connectivity index (χ2n) is 6.38. The summed E-state index contributed by atoms with van der Waals surface area (Å²) < 4.78 is 8.40. The van der Waals surface area contributed by atoms with E-state index < -0.39 is 6.10 Å². The summed E-state index contributed by atoms with van der Waals surface area (Å²) in [6.07, 6.45) is -0.0270. The molecule has 0 bridgehead atoms. The first-order valence-electron chi connectivity index (χ1n) is 8.53. The number of ether oxygens (including phenoxy) is 1. The number of benzene rings is 2. The summed E-state index contributed by atoms with van der Waals surface area (Å²) in [6, 6.07) is 11.4. The molecule has 1 amide bonds. The number of aromatic nitrogens is 1. The van der Waals surface area contributed by atoms with E-state index in [0.29, 0.717) is 12.1 Å². The molecule has 0 fully saturated rings. The SMILES string of the molecule is CC[C@H](Oc1cc(C)ccc1C)C(=O)Nc1ccc2c(c1)sc(=O)n2C. The highest BCUT2D eigenvalue weighted by molar-refractivity contribution is 7.16. The molecule has 0 saturated carbocycles. The number of carbonyl (C=O) groups excluding carboxylic acids is 1. The van der Waals surface area contributed by atoms with Gasteiger partial charge in [0.05, 0.1) is 10.2 Å². The zero-order valence-electron chi connectivity index (χ0n) is 15.3. The van der Waals surface area contributed by atoms with Gasteiger partial charge in [-0.15, -0.1) is 0 Å². The quantitative estimate of drug-likeness (QED) is 0.738. The summed E-state index contributed by atoms with van der Waals surface area (Å²) in [5.41, 5.74) is 3.60. The molecule has 0 radical (unpaired) electrons. The molecule has 26 heavy (non-hydrogen) atoms. The third-order valence-corrected chi connectivity index (χ3v) is 5.33. The lowest BCUT2D eigenvalue weighted by Gasteiger charge is -2.19. The molecule has 0 aliphatic carbocycles. The summed E-state index contributed by atoms with van der Waals surface area (Å²) in [7, 11) is 1.74. The zero-order valence-corrected chi connectivity index (χ0v) is 16.1. The van der Waals surface area contributed by atoms with Crippen LogP contribution in [-0.2, 0) is 11.8 Å². The number of carbonyl (C=O) groups is 1. The van der Waals surface area contributed by atoms with E-state index in [4.69, 9.17) is 4.74 Å². The molecule has 1 atom stereocenters. The van der Waals surface area contributed by atoms with Crippen molar-refractivity contribution in [1.82, 2.24) is 4.57 Å². The Bertz CT molecular complexity index is 1020. The van der Waals surface area contributed by atoms with Crippen LogP contribution in [0, 0.1) is 13.8 Å². The van der Waals surface area contributed by atoms with Crippen LogP contribution in [0.25, 0.3) is 10.2 Å². The van der Waals surface area contributed by atoms with E-state index in [0.717, 1.165) is 27.1 Å². The Kier molecular flexibility index (Phi) is 5.13. The van der Waals surface area contributed by atoms with Crippen LogP contribution < -0.4 is 14.9 Å². The highest BCUT2D eigenvalue weighted by Gasteiger charge is 2.20. The minimum Gasteiger partial charge on any atom is -0.480 e. The van der Waals surface area contributed by atoms with Crippen molar-refractivity contribution in [2.24, 2.45) is 7.05 Å². The number of nitrogens with zero attached hydrogens (tertiary/aromatic N) is 1. The van der Waals surface area contributed by atoms with E-state index >= 15 is 0 Å². The number of fused-ring (bicyclic) bond motifs is 1. The van der Waals surface area contributed by atoms with E-state index in [-0.39, 0.29) is 10.8 Å². The van der Waals surface area contributed by atoms with Gasteiger partial charge in [0.2, 0.25) is 0 Å². The second-order valence-corrected chi connectivity index (χ2v) is 7.38. The van der Waals surface area contributed by atoms with Crippen LogP contribution in [0.3, 0.4) is 0 Å². The van der Waals surface area contributed by atoms with Crippen molar-refractivity contribution in [3.63, 3.8) is 0 Å². The summed E-state index contributed by atoms with van der Waals surface area (Å²) in [4.78, 5) is 24.4. The molecule has 0 aliphatic heterocycles. The first kappa shape index (κ1) is 18.2. The first-order valence-corrected chi connectivity index (χ1v) is 9.35. The van der Waals surface area contributed by atoms with E-state index in [2.05, 4.69) is 5.32 Å². The topological polar surface area (TPSA) is 60.3 Å². The molecule has 1 heterocycles. The minimum absolute atomic E-state index is 0.0202. The van der Waals surface area contributed by atoms with Crippen molar-refractivity contribution in [1.29, 1.82) is 0 Å². The fraction of sp³-hybridized carbons (Fsp3) is 0.300. The summed E-state index contributed by atoms with van der Waals surface area (Å²) >= 11 is 1.17. The third-order valence-electron chi connectivity index (χ3n) is 4.34. The van der Waals surface area contributed by atoms with Crippen molar-refractivity contribution in [2.75, 3.05) is 5.32 Å². The lowest BCUT2D eigenvalue weighted by Crippen LogP contribution is -2.32.